The van der Waals surface area contributed by atoms with E-state index in [0.29, 0.717) is 12.3 Å². The van der Waals surface area contributed by atoms with Crippen LogP contribution in [0.1, 0.15) is 21.7 Å². The van der Waals surface area contributed by atoms with Gasteiger partial charge in [0.2, 0.25) is 0 Å². The van der Waals surface area contributed by atoms with E-state index in [0.717, 1.165) is 17.2 Å². The van der Waals surface area contributed by atoms with E-state index < -0.39 is 5.97 Å². The highest BCUT2D eigenvalue weighted by Crippen LogP contribution is 2.11. The summed E-state index contributed by atoms with van der Waals surface area (Å²) in [5.41, 5.74) is 1.74. The Bertz CT molecular complexity index is 641. The fraction of sp³-hybridized carbons (Fsp3) is 0.125. The number of carbonyl (C=O) groups is 2. The second-order valence-corrected chi connectivity index (χ2v) is 4.55. The molecule has 0 saturated heterocycles. The number of carboxylic acids is 1. The predicted molar refractivity (Wildman–Crippen MR) is 77.6 cm³/mol. The number of aliphatic carboxylic acids is 1. The smallest absolute Gasteiger partial charge is 0.328 e. The van der Waals surface area contributed by atoms with Gasteiger partial charge in [0.25, 0.3) is 5.91 Å². The summed E-state index contributed by atoms with van der Waals surface area (Å²) in [5.74, 6) is -0.865. The summed E-state index contributed by atoms with van der Waals surface area (Å²) in [4.78, 5) is 24.0. The molecule has 0 aliphatic rings. The maximum Gasteiger partial charge on any atom is 0.328 e. The number of carboxylic acid groups (broad SMARTS) is 1. The molecule has 1 aromatic carbocycles. The number of nitrogens with zero attached hydrogens (tertiary/aromatic N) is 1. The molecule has 5 heteroatoms. The predicted octanol–water partition coefficient (Wildman–Crippen LogP) is 2.65. The lowest BCUT2D eigenvalue weighted by molar-refractivity contribution is -0.131. The first-order chi connectivity index (χ1) is 10.1. The van der Waals surface area contributed by atoms with E-state index in [9.17, 15) is 9.59 Å². The Morgan fingerprint density at radius 1 is 1.24 bits per heavy atom. The summed E-state index contributed by atoms with van der Waals surface area (Å²) in [6.45, 7) is 0.447. The van der Waals surface area contributed by atoms with Gasteiger partial charge in [0.1, 0.15) is 0 Å². The van der Waals surface area contributed by atoms with Gasteiger partial charge in [0, 0.05) is 19.7 Å². The van der Waals surface area contributed by atoms with Gasteiger partial charge < -0.3 is 14.4 Å². The lowest BCUT2D eigenvalue weighted by Crippen LogP contribution is -2.25. The number of carbonyl (C=O) groups excluding carboxylic acids is 1. The zero-order valence-electron chi connectivity index (χ0n) is 11.5. The average Bonchev–Trinajstić information content (AvgIpc) is 2.99. The monoisotopic (exact) mass is 285 g/mol. The highest BCUT2D eigenvalue weighted by Gasteiger charge is 2.14. The van der Waals surface area contributed by atoms with Crippen LogP contribution < -0.4 is 0 Å². The van der Waals surface area contributed by atoms with Gasteiger partial charge in [-0.1, -0.05) is 24.3 Å². The summed E-state index contributed by atoms with van der Waals surface area (Å²) in [6.07, 6.45) is 4.07. The molecule has 0 fully saturated rings. The first-order valence-electron chi connectivity index (χ1n) is 6.35. The molecule has 0 unspecified atom stereocenters. The van der Waals surface area contributed by atoms with Gasteiger partial charge in [-0.2, -0.15) is 0 Å². The highest BCUT2D eigenvalue weighted by molar-refractivity contribution is 5.91. The Labute approximate surface area is 122 Å². The lowest BCUT2D eigenvalue weighted by Gasteiger charge is -2.15. The van der Waals surface area contributed by atoms with Crippen molar-refractivity contribution in [3.05, 3.63) is 65.6 Å². The normalized spacial score (nSPS) is 10.7. The van der Waals surface area contributed by atoms with E-state index in [-0.39, 0.29) is 5.91 Å². The molecular weight excluding hydrogens is 270 g/mol. The van der Waals surface area contributed by atoms with Gasteiger partial charge in [0.15, 0.2) is 5.76 Å². The zero-order valence-corrected chi connectivity index (χ0v) is 11.5. The van der Waals surface area contributed by atoms with Gasteiger partial charge in [0.05, 0.1) is 6.26 Å². The third-order valence-corrected chi connectivity index (χ3v) is 2.90. The quantitative estimate of drug-likeness (QED) is 0.857. The van der Waals surface area contributed by atoms with Crippen LogP contribution in [-0.2, 0) is 11.3 Å². The molecule has 0 aliphatic carbocycles. The van der Waals surface area contributed by atoms with Crippen LogP contribution in [0.4, 0.5) is 0 Å². The fourth-order valence-electron chi connectivity index (χ4n) is 1.84. The van der Waals surface area contributed by atoms with Crippen LogP contribution in [0.25, 0.3) is 6.08 Å². The third-order valence-electron chi connectivity index (χ3n) is 2.90. The molecule has 1 heterocycles. The van der Waals surface area contributed by atoms with Gasteiger partial charge in [-0.05, 0) is 29.3 Å². The SMILES string of the molecule is CN(Cc1ccc(C=CC(=O)O)cc1)C(=O)c1ccco1. The zero-order chi connectivity index (χ0) is 15.2. The first kappa shape index (κ1) is 14.6. The van der Waals surface area contributed by atoms with Crippen LogP contribution in [0.2, 0.25) is 0 Å². The van der Waals surface area contributed by atoms with Crippen LogP contribution >= 0.6 is 0 Å². The van der Waals surface area contributed by atoms with Gasteiger partial charge in [-0.25, -0.2) is 4.79 Å². The molecule has 1 amide bonds. The van der Waals surface area contributed by atoms with Crippen molar-refractivity contribution in [2.45, 2.75) is 6.54 Å². The largest absolute Gasteiger partial charge is 0.478 e. The molecule has 0 radical (unpaired) electrons. The van der Waals surface area contributed by atoms with E-state index in [1.165, 1.54) is 12.3 Å². The molecule has 0 bridgehead atoms. The fourth-order valence-corrected chi connectivity index (χ4v) is 1.84. The minimum atomic E-state index is -0.983. The second kappa shape index (κ2) is 6.56. The number of hydrogen-bond donors (Lipinski definition) is 1. The Kier molecular flexibility index (Phi) is 4.56. The van der Waals surface area contributed by atoms with E-state index in [1.807, 2.05) is 12.1 Å². The van der Waals surface area contributed by atoms with Crippen LogP contribution in [0.3, 0.4) is 0 Å². The maximum absolute atomic E-state index is 12.0. The van der Waals surface area contributed by atoms with Crippen molar-refractivity contribution in [2.24, 2.45) is 0 Å². The third kappa shape index (κ3) is 4.07. The van der Waals surface area contributed by atoms with Crippen LogP contribution in [-0.4, -0.2) is 28.9 Å². The number of rotatable bonds is 5. The number of amides is 1. The summed E-state index contributed by atoms with van der Waals surface area (Å²) in [6, 6.07) is 10.6. The maximum atomic E-state index is 12.0. The molecule has 21 heavy (non-hydrogen) atoms. The van der Waals surface area contributed by atoms with Crippen molar-refractivity contribution in [1.82, 2.24) is 4.90 Å². The number of furan rings is 1. The molecule has 5 nitrogen and oxygen atoms in total. The molecule has 1 aromatic heterocycles. The molecular formula is C16H15NO4. The Morgan fingerprint density at radius 3 is 2.52 bits per heavy atom. The summed E-state index contributed by atoms with van der Waals surface area (Å²) in [7, 11) is 1.70. The minimum Gasteiger partial charge on any atom is -0.478 e. The van der Waals surface area contributed by atoms with E-state index >= 15 is 0 Å². The summed E-state index contributed by atoms with van der Waals surface area (Å²) in [5, 5.41) is 8.56. The van der Waals surface area contributed by atoms with Crippen molar-refractivity contribution < 1.29 is 19.1 Å². The van der Waals surface area contributed by atoms with E-state index in [4.69, 9.17) is 9.52 Å². The van der Waals surface area contributed by atoms with Crippen LogP contribution in [0, 0.1) is 0 Å². The molecule has 2 rings (SSSR count). The molecule has 0 saturated carbocycles. The lowest BCUT2D eigenvalue weighted by atomic mass is 10.1. The topological polar surface area (TPSA) is 70.8 Å². The summed E-state index contributed by atoms with van der Waals surface area (Å²) < 4.78 is 5.07. The summed E-state index contributed by atoms with van der Waals surface area (Å²) >= 11 is 0. The molecule has 2 aromatic rings. The molecule has 108 valence electrons. The van der Waals surface area contributed by atoms with Crippen molar-refractivity contribution in [1.29, 1.82) is 0 Å². The Morgan fingerprint density at radius 2 is 1.95 bits per heavy atom. The van der Waals surface area contributed by atoms with Gasteiger partial charge >= 0.3 is 5.97 Å². The average molecular weight is 285 g/mol. The van der Waals surface area contributed by atoms with Crippen molar-refractivity contribution in [3.63, 3.8) is 0 Å². The second-order valence-electron chi connectivity index (χ2n) is 4.55. The van der Waals surface area contributed by atoms with Gasteiger partial charge in [-0.15, -0.1) is 0 Å². The van der Waals surface area contributed by atoms with E-state index in [2.05, 4.69) is 0 Å². The van der Waals surface area contributed by atoms with Crippen LogP contribution in [0.5, 0.6) is 0 Å². The number of hydrogen-bond acceptors (Lipinski definition) is 3. The van der Waals surface area contributed by atoms with E-state index in [1.54, 1.807) is 36.2 Å². The van der Waals surface area contributed by atoms with Crippen LogP contribution in [0.15, 0.2) is 53.2 Å². The number of benzene rings is 1. The van der Waals surface area contributed by atoms with Crippen molar-refractivity contribution in [3.8, 4) is 0 Å². The Balaban J connectivity index is 2.00. The van der Waals surface area contributed by atoms with Crippen molar-refractivity contribution in [2.75, 3.05) is 7.05 Å². The highest BCUT2D eigenvalue weighted by atomic mass is 16.4. The van der Waals surface area contributed by atoms with Crippen molar-refractivity contribution >= 4 is 18.0 Å². The molecule has 0 atom stereocenters. The van der Waals surface area contributed by atoms with Gasteiger partial charge in [-0.3, -0.25) is 4.79 Å². The Hall–Kier alpha value is -2.82. The molecule has 1 N–H and O–H groups in total. The molecule has 0 spiro atoms. The standard InChI is InChI=1S/C16H15NO4/c1-17(16(20)14-3-2-10-21-14)11-13-6-4-12(5-7-13)8-9-15(18)19/h2-10H,11H2,1H3,(H,18,19). The minimum absolute atomic E-state index is 0.185. The molecule has 0 aliphatic heterocycles. The first-order valence-corrected chi connectivity index (χ1v) is 6.35.